The Kier molecular flexibility index (Phi) is 2.62. The lowest BCUT2D eigenvalue weighted by Crippen LogP contribution is -1.89. The van der Waals surface area contributed by atoms with Crippen molar-refractivity contribution >= 4 is 21.4 Å². The van der Waals surface area contributed by atoms with Gasteiger partial charge in [0.2, 0.25) is 0 Å². The number of halogens is 1. The quantitative estimate of drug-likeness (QED) is 0.688. The van der Waals surface area contributed by atoms with E-state index in [4.69, 9.17) is 5.26 Å². The van der Waals surface area contributed by atoms with Crippen molar-refractivity contribution in [3.8, 4) is 17.5 Å². The van der Waals surface area contributed by atoms with Gasteiger partial charge in [-0.3, -0.25) is 4.40 Å². The normalized spacial score (nSPS) is 10.4. The van der Waals surface area contributed by atoms with Crippen molar-refractivity contribution in [2.24, 2.45) is 0 Å². The van der Waals surface area contributed by atoms with E-state index in [1.807, 2.05) is 47.1 Å². The number of pyridine rings is 1. The highest BCUT2D eigenvalue weighted by molar-refractivity contribution is 9.10. The van der Waals surface area contributed by atoms with E-state index < -0.39 is 0 Å². The molecule has 0 saturated carbocycles. The highest BCUT2D eigenvalue weighted by atomic mass is 79.9. The molecular formula is C14H8BrN3. The van der Waals surface area contributed by atoms with E-state index in [0.29, 0.717) is 5.56 Å². The highest BCUT2D eigenvalue weighted by Crippen LogP contribution is 2.22. The molecule has 0 atom stereocenters. The Bertz CT molecular complexity index is 768. The third kappa shape index (κ3) is 1.79. The molecule has 2 heterocycles. The van der Waals surface area contributed by atoms with Gasteiger partial charge in [-0.1, -0.05) is 12.1 Å². The van der Waals surface area contributed by atoms with Crippen LogP contribution in [0.4, 0.5) is 0 Å². The number of imidazole rings is 1. The van der Waals surface area contributed by atoms with Crippen molar-refractivity contribution in [3.05, 3.63) is 58.8 Å². The summed E-state index contributed by atoms with van der Waals surface area (Å²) in [7, 11) is 0. The Morgan fingerprint density at radius 1 is 1.22 bits per heavy atom. The summed E-state index contributed by atoms with van der Waals surface area (Å²) in [6, 6.07) is 13.6. The maximum Gasteiger partial charge on any atom is 0.144 e. The van der Waals surface area contributed by atoms with E-state index in [0.717, 1.165) is 21.4 Å². The number of hydrogen-bond donors (Lipinski definition) is 0. The summed E-state index contributed by atoms with van der Waals surface area (Å²) in [4.78, 5) is 4.41. The van der Waals surface area contributed by atoms with Gasteiger partial charge in [0.1, 0.15) is 5.82 Å². The zero-order chi connectivity index (χ0) is 12.5. The van der Waals surface area contributed by atoms with Gasteiger partial charge in [-0.2, -0.15) is 5.26 Å². The molecule has 0 radical (unpaired) electrons. The lowest BCUT2D eigenvalue weighted by Gasteiger charge is -2.02. The van der Waals surface area contributed by atoms with E-state index in [2.05, 4.69) is 27.0 Å². The molecule has 4 heteroatoms. The molecule has 2 aromatic heterocycles. The predicted molar refractivity (Wildman–Crippen MR) is 73.0 cm³/mol. The fourth-order valence-electron chi connectivity index (χ4n) is 1.91. The molecule has 0 aliphatic carbocycles. The molecule has 0 unspecified atom stereocenters. The molecule has 0 aliphatic rings. The number of nitrogens with zero attached hydrogens (tertiary/aromatic N) is 3. The van der Waals surface area contributed by atoms with Crippen LogP contribution in [-0.2, 0) is 0 Å². The van der Waals surface area contributed by atoms with Crippen molar-refractivity contribution < 1.29 is 0 Å². The first-order valence-corrected chi connectivity index (χ1v) is 6.20. The lowest BCUT2D eigenvalue weighted by atomic mass is 10.1. The van der Waals surface area contributed by atoms with E-state index in [1.165, 1.54) is 0 Å². The van der Waals surface area contributed by atoms with Crippen LogP contribution in [0, 0.1) is 11.3 Å². The monoisotopic (exact) mass is 297 g/mol. The molecule has 0 N–H and O–H groups in total. The molecule has 3 aromatic rings. The van der Waals surface area contributed by atoms with Crippen LogP contribution in [0.2, 0.25) is 0 Å². The van der Waals surface area contributed by atoms with Gasteiger partial charge >= 0.3 is 0 Å². The molecule has 3 nitrogen and oxygen atoms in total. The van der Waals surface area contributed by atoms with Gasteiger partial charge in [-0.05, 0) is 40.2 Å². The van der Waals surface area contributed by atoms with Crippen LogP contribution in [-0.4, -0.2) is 9.38 Å². The van der Waals surface area contributed by atoms with E-state index in [-0.39, 0.29) is 0 Å². The molecule has 3 rings (SSSR count). The average molecular weight is 298 g/mol. The van der Waals surface area contributed by atoms with Crippen LogP contribution in [0.15, 0.2) is 53.3 Å². The third-order valence-corrected chi connectivity index (χ3v) is 3.21. The van der Waals surface area contributed by atoms with Crippen LogP contribution in [0.1, 0.15) is 5.56 Å². The first-order valence-electron chi connectivity index (χ1n) is 5.41. The zero-order valence-corrected chi connectivity index (χ0v) is 10.9. The molecule has 0 fully saturated rings. The average Bonchev–Trinajstić information content (AvgIpc) is 2.81. The Balaban J connectivity index is 2.25. The molecule has 0 saturated heterocycles. The Morgan fingerprint density at radius 3 is 2.94 bits per heavy atom. The summed E-state index contributed by atoms with van der Waals surface area (Å²) in [5.41, 5.74) is 2.60. The van der Waals surface area contributed by atoms with Crippen molar-refractivity contribution in [2.45, 2.75) is 0 Å². The Labute approximate surface area is 112 Å². The molecule has 0 amide bonds. The van der Waals surface area contributed by atoms with E-state index in [9.17, 15) is 0 Å². The van der Waals surface area contributed by atoms with Crippen LogP contribution >= 0.6 is 15.9 Å². The molecule has 0 bridgehead atoms. The predicted octanol–water partition coefficient (Wildman–Crippen LogP) is 3.64. The van der Waals surface area contributed by atoms with Gasteiger partial charge in [-0.25, -0.2) is 4.98 Å². The first-order chi connectivity index (χ1) is 8.78. The second-order valence-electron chi connectivity index (χ2n) is 3.92. The van der Waals surface area contributed by atoms with Crippen LogP contribution < -0.4 is 0 Å². The topological polar surface area (TPSA) is 41.1 Å². The second kappa shape index (κ2) is 4.28. The van der Waals surface area contributed by atoms with Crippen LogP contribution in [0.25, 0.3) is 16.9 Å². The summed E-state index contributed by atoms with van der Waals surface area (Å²) >= 11 is 3.45. The Hall–Kier alpha value is -2.12. The van der Waals surface area contributed by atoms with E-state index in [1.54, 1.807) is 6.07 Å². The van der Waals surface area contributed by atoms with Gasteiger partial charge in [-0.15, -0.1) is 0 Å². The molecule has 18 heavy (non-hydrogen) atoms. The number of benzene rings is 1. The molecular weight excluding hydrogens is 290 g/mol. The van der Waals surface area contributed by atoms with Crippen LogP contribution in [0.5, 0.6) is 0 Å². The van der Waals surface area contributed by atoms with Crippen molar-refractivity contribution in [1.29, 1.82) is 5.26 Å². The maximum absolute atomic E-state index is 8.93. The lowest BCUT2D eigenvalue weighted by molar-refractivity contribution is 1.15. The number of hydrogen-bond acceptors (Lipinski definition) is 2. The smallest absolute Gasteiger partial charge is 0.144 e. The largest absolute Gasteiger partial charge is 0.299 e. The molecule has 86 valence electrons. The minimum absolute atomic E-state index is 0.638. The van der Waals surface area contributed by atoms with E-state index >= 15 is 0 Å². The van der Waals surface area contributed by atoms with Gasteiger partial charge < -0.3 is 0 Å². The highest BCUT2D eigenvalue weighted by Gasteiger charge is 2.07. The van der Waals surface area contributed by atoms with Gasteiger partial charge in [0.15, 0.2) is 0 Å². The number of fused-ring (bicyclic) bond motifs is 1. The molecule has 0 aliphatic heterocycles. The SMILES string of the molecule is N#Cc1cccc(-c2ncc3ccc(Br)cn23)c1. The Morgan fingerprint density at radius 2 is 2.11 bits per heavy atom. The van der Waals surface area contributed by atoms with Gasteiger partial charge in [0, 0.05) is 16.2 Å². The number of rotatable bonds is 1. The number of aromatic nitrogens is 2. The number of nitriles is 1. The van der Waals surface area contributed by atoms with Crippen molar-refractivity contribution in [1.82, 2.24) is 9.38 Å². The summed E-state index contributed by atoms with van der Waals surface area (Å²) in [6.07, 6.45) is 3.79. The van der Waals surface area contributed by atoms with Gasteiger partial charge in [0.05, 0.1) is 23.3 Å². The maximum atomic E-state index is 8.93. The summed E-state index contributed by atoms with van der Waals surface area (Å²) in [5, 5.41) is 8.93. The minimum atomic E-state index is 0.638. The fraction of sp³-hybridized carbons (Fsp3) is 0. The standard InChI is InChI=1S/C14H8BrN3/c15-12-4-5-13-8-17-14(18(13)9-12)11-3-1-2-10(6-11)7-16/h1-6,8-9H. The summed E-state index contributed by atoms with van der Waals surface area (Å²) in [5.74, 6) is 0.836. The van der Waals surface area contributed by atoms with Crippen molar-refractivity contribution in [3.63, 3.8) is 0 Å². The summed E-state index contributed by atoms with van der Waals surface area (Å²) < 4.78 is 2.99. The van der Waals surface area contributed by atoms with Crippen molar-refractivity contribution in [2.75, 3.05) is 0 Å². The second-order valence-corrected chi connectivity index (χ2v) is 4.83. The molecule has 1 aromatic carbocycles. The zero-order valence-electron chi connectivity index (χ0n) is 9.34. The third-order valence-electron chi connectivity index (χ3n) is 2.74. The first kappa shape index (κ1) is 11.0. The van der Waals surface area contributed by atoms with Crippen LogP contribution in [0.3, 0.4) is 0 Å². The molecule has 0 spiro atoms. The van der Waals surface area contributed by atoms with Gasteiger partial charge in [0.25, 0.3) is 0 Å². The summed E-state index contributed by atoms with van der Waals surface area (Å²) in [6.45, 7) is 0. The minimum Gasteiger partial charge on any atom is -0.299 e. The fourth-order valence-corrected chi connectivity index (χ4v) is 2.24.